The molecule has 16 heavy (non-hydrogen) atoms. The van der Waals surface area contributed by atoms with Gasteiger partial charge in [0.15, 0.2) is 0 Å². The number of nitrogens with one attached hydrogen (secondary N) is 1. The zero-order valence-corrected chi connectivity index (χ0v) is 10.2. The molecule has 0 spiro atoms. The maximum atomic E-state index is 11.3. The van der Waals surface area contributed by atoms with Crippen LogP contribution in [0.15, 0.2) is 18.3 Å². The van der Waals surface area contributed by atoms with Crippen molar-refractivity contribution in [2.24, 2.45) is 0 Å². The Bertz CT molecular complexity index is 370. The maximum absolute atomic E-state index is 11.3. The minimum absolute atomic E-state index is 0.0258. The molecule has 0 unspecified atom stereocenters. The number of anilines is 1. The number of hydrogen-bond acceptors (Lipinski definition) is 3. The van der Waals surface area contributed by atoms with Crippen LogP contribution in [0.5, 0.6) is 0 Å². The van der Waals surface area contributed by atoms with Crippen molar-refractivity contribution >= 4 is 11.6 Å². The van der Waals surface area contributed by atoms with Crippen LogP contribution in [0.3, 0.4) is 0 Å². The monoisotopic (exact) mass is 222 g/mol. The lowest BCUT2D eigenvalue weighted by Crippen LogP contribution is -2.18. The van der Waals surface area contributed by atoms with Gasteiger partial charge in [-0.3, -0.25) is 9.78 Å². The average molecular weight is 222 g/mol. The van der Waals surface area contributed by atoms with Crippen LogP contribution in [0.25, 0.3) is 0 Å². The number of amides is 1. The van der Waals surface area contributed by atoms with Gasteiger partial charge in [-0.05, 0) is 12.1 Å². The molecule has 0 atom stereocenters. The Morgan fingerprint density at radius 3 is 2.75 bits per heavy atom. The number of carbonyl (C=O) groups is 1. The summed E-state index contributed by atoms with van der Waals surface area (Å²) in [5, 5.41) is 2.75. The van der Waals surface area contributed by atoms with Gasteiger partial charge in [0.05, 0.1) is 0 Å². The van der Waals surface area contributed by atoms with Crippen LogP contribution in [-0.2, 0) is 14.9 Å². The normalized spacial score (nSPS) is 11.2. The van der Waals surface area contributed by atoms with E-state index in [1.54, 1.807) is 12.3 Å². The van der Waals surface area contributed by atoms with Gasteiger partial charge in [-0.2, -0.15) is 0 Å². The van der Waals surface area contributed by atoms with E-state index in [1.807, 2.05) is 6.07 Å². The highest BCUT2D eigenvalue weighted by molar-refractivity contribution is 5.91. The fraction of sp³-hybridized carbons (Fsp3) is 0.500. The summed E-state index contributed by atoms with van der Waals surface area (Å²) >= 11 is 0. The summed E-state index contributed by atoms with van der Waals surface area (Å²) in [4.78, 5) is 15.6. The summed E-state index contributed by atoms with van der Waals surface area (Å²) in [6.07, 6.45) is 1.70. The molecule has 4 nitrogen and oxygen atoms in total. The topological polar surface area (TPSA) is 51.2 Å². The van der Waals surface area contributed by atoms with Gasteiger partial charge in [0.1, 0.15) is 6.61 Å². The van der Waals surface area contributed by atoms with Crippen molar-refractivity contribution in [3.8, 4) is 0 Å². The Morgan fingerprint density at radius 2 is 2.19 bits per heavy atom. The molecule has 1 heterocycles. The Balaban J connectivity index is 2.79. The SMILES string of the molecule is COCC(=O)Nc1ccnc(C(C)(C)C)c1. The first-order valence-corrected chi connectivity index (χ1v) is 5.19. The third-order valence-corrected chi connectivity index (χ3v) is 2.09. The number of aromatic nitrogens is 1. The molecule has 0 bridgehead atoms. The molecule has 0 saturated carbocycles. The second-order valence-corrected chi connectivity index (χ2v) is 4.66. The molecule has 1 aromatic heterocycles. The molecule has 0 aliphatic rings. The number of rotatable bonds is 3. The number of hydrogen-bond donors (Lipinski definition) is 1. The molecule has 4 heteroatoms. The van der Waals surface area contributed by atoms with Crippen molar-refractivity contribution < 1.29 is 9.53 Å². The van der Waals surface area contributed by atoms with Crippen LogP contribution in [0.1, 0.15) is 26.5 Å². The zero-order chi connectivity index (χ0) is 12.2. The number of carbonyl (C=O) groups excluding carboxylic acids is 1. The lowest BCUT2D eigenvalue weighted by atomic mass is 9.91. The van der Waals surface area contributed by atoms with Crippen LogP contribution >= 0.6 is 0 Å². The summed E-state index contributed by atoms with van der Waals surface area (Å²) in [6, 6.07) is 3.65. The zero-order valence-electron chi connectivity index (χ0n) is 10.2. The van der Waals surface area contributed by atoms with Crippen LogP contribution < -0.4 is 5.32 Å². The summed E-state index contributed by atoms with van der Waals surface area (Å²) in [7, 11) is 1.49. The van der Waals surface area contributed by atoms with Gasteiger partial charge in [0.2, 0.25) is 5.91 Å². The molecular weight excluding hydrogens is 204 g/mol. The summed E-state index contributed by atoms with van der Waals surface area (Å²) in [5.74, 6) is -0.159. The highest BCUT2D eigenvalue weighted by atomic mass is 16.5. The van der Waals surface area contributed by atoms with E-state index in [1.165, 1.54) is 7.11 Å². The molecule has 0 aliphatic heterocycles. The summed E-state index contributed by atoms with van der Waals surface area (Å²) in [6.45, 7) is 6.30. The molecule has 0 radical (unpaired) electrons. The summed E-state index contributed by atoms with van der Waals surface area (Å²) in [5.41, 5.74) is 1.67. The minimum atomic E-state index is -0.159. The quantitative estimate of drug-likeness (QED) is 0.850. The first-order valence-electron chi connectivity index (χ1n) is 5.19. The van der Waals surface area contributed by atoms with Crippen LogP contribution in [0, 0.1) is 0 Å². The number of ether oxygens (including phenoxy) is 1. The molecular formula is C12H18N2O2. The standard InChI is InChI=1S/C12H18N2O2/c1-12(2,3)10-7-9(5-6-13-10)14-11(15)8-16-4/h5-7H,8H2,1-4H3,(H,13,14,15). The molecule has 0 aromatic carbocycles. The van der Waals surface area contributed by atoms with E-state index in [0.717, 1.165) is 11.4 Å². The second-order valence-electron chi connectivity index (χ2n) is 4.66. The Hall–Kier alpha value is -1.42. The van der Waals surface area contributed by atoms with Gasteiger partial charge in [0, 0.05) is 30.1 Å². The summed E-state index contributed by atoms with van der Waals surface area (Å²) < 4.78 is 4.75. The van der Waals surface area contributed by atoms with E-state index >= 15 is 0 Å². The first kappa shape index (κ1) is 12.6. The fourth-order valence-corrected chi connectivity index (χ4v) is 1.25. The van der Waals surface area contributed by atoms with Gasteiger partial charge < -0.3 is 10.1 Å². The van der Waals surface area contributed by atoms with Crippen LogP contribution in [0.2, 0.25) is 0 Å². The number of methoxy groups -OCH3 is 1. The average Bonchev–Trinajstić information content (AvgIpc) is 2.17. The second kappa shape index (κ2) is 5.07. The Morgan fingerprint density at radius 1 is 1.50 bits per heavy atom. The highest BCUT2D eigenvalue weighted by Gasteiger charge is 2.15. The van der Waals surface area contributed by atoms with Gasteiger partial charge in [0.25, 0.3) is 0 Å². The van der Waals surface area contributed by atoms with Gasteiger partial charge in [-0.15, -0.1) is 0 Å². The number of pyridine rings is 1. The lowest BCUT2D eigenvalue weighted by Gasteiger charge is -2.18. The third kappa shape index (κ3) is 3.62. The molecule has 0 fully saturated rings. The largest absolute Gasteiger partial charge is 0.375 e. The molecule has 1 rings (SSSR count). The van der Waals surface area contributed by atoms with Gasteiger partial charge >= 0.3 is 0 Å². The third-order valence-electron chi connectivity index (χ3n) is 2.09. The molecule has 1 N–H and O–H groups in total. The van der Waals surface area contributed by atoms with Crippen LogP contribution in [-0.4, -0.2) is 24.6 Å². The maximum Gasteiger partial charge on any atom is 0.250 e. The Labute approximate surface area is 96.0 Å². The van der Waals surface area contributed by atoms with Gasteiger partial charge in [-0.1, -0.05) is 20.8 Å². The van der Waals surface area contributed by atoms with Crippen molar-refractivity contribution in [2.75, 3.05) is 19.0 Å². The smallest absolute Gasteiger partial charge is 0.250 e. The van der Waals surface area contributed by atoms with Crippen molar-refractivity contribution in [3.05, 3.63) is 24.0 Å². The first-order chi connectivity index (χ1) is 7.43. The van der Waals surface area contributed by atoms with Crippen LogP contribution in [0.4, 0.5) is 5.69 Å². The molecule has 0 aliphatic carbocycles. The van der Waals surface area contributed by atoms with E-state index < -0.39 is 0 Å². The highest BCUT2D eigenvalue weighted by Crippen LogP contribution is 2.22. The van der Waals surface area contributed by atoms with E-state index in [4.69, 9.17) is 4.74 Å². The molecule has 1 aromatic rings. The molecule has 1 amide bonds. The van der Waals surface area contributed by atoms with Crippen molar-refractivity contribution in [1.82, 2.24) is 4.98 Å². The van der Waals surface area contributed by atoms with Gasteiger partial charge in [-0.25, -0.2) is 0 Å². The predicted molar refractivity (Wildman–Crippen MR) is 63.4 cm³/mol. The Kier molecular flexibility index (Phi) is 4.01. The minimum Gasteiger partial charge on any atom is -0.375 e. The fourth-order valence-electron chi connectivity index (χ4n) is 1.25. The predicted octanol–water partition coefficient (Wildman–Crippen LogP) is 1.96. The van der Waals surface area contributed by atoms with Crippen molar-refractivity contribution in [3.63, 3.8) is 0 Å². The lowest BCUT2D eigenvalue weighted by molar-refractivity contribution is -0.119. The van der Waals surface area contributed by atoms with Crippen molar-refractivity contribution in [2.45, 2.75) is 26.2 Å². The van der Waals surface area contributed by atoms with Crippen molar-refractivity contribution in [1.29, 1.82) is 0 Å². The van der Waals surface area contributed by atoms with E-state index in [0.29, 0.717) is 0 Å². The molecule has 0 saturated heterocycles. The number of nitrogens with zero attached hydrogens (tertiary/aromatic N) is 1. The van der Waals surface area contributed by atoms with E-state index in [-0.39, 0.29) is 17.9 Å². The van der Waals surface area contributed by atoms with E-state index in [2.05, 4.69) is 31.1 Å². The molecule has 88 valence electrons. The van der Waals surface area contributed by atoms with E-state index in [9.17, 15) is 4.79 Å².